The van der Waals surface area contributed by atoms with Gasteiger partial charge in [-0.25, -0.2) is 4.99 Å². The van der Waals surface area contributed by atoms with E-state index >= 15 is 0 Å². The van der Waals surface area contributed by atoms with Crippen LogP contribution in [-0.2, 0) is 11.4 Å². The summed E-state index contributed by atoms with van der Waals surface area (Å²) in [6.07, 6.45) is 1.80. The first kappa shape index (κ1) is 29.2. The monoisotopic (exact) mass is 621 g/mol. The number of nitrogens with zero attached hydrogens (tertiary/aromatic N) is 2. The van der Waals surface area contributed by atoms with Gasteiger partial charge in [-0.05, 0) is 55.0 Å². The number of hydrogen-bond donors (Lipinski definition) is 1. The Morgan fingerprint density at radius 1 is 1.00 bits per heavy atom. The zero-order chi connectivity index (χ0) is 30.6. The van der Waals surface area contributed by atoms with Crippen LogP contribution in [0.4, 0.5) is 5.69 Å². The van der Waals surface area contributed by atoms with Crippen molar-refractivity contribution in [3.05, 3.63) is 156 Å². The highest BCUT2D eigenvalue weighted by molar-refractivity contribution is 7.07. The number of ether oxygens (including phenoxy) is 2. The molecule has 0 unspecified atom stereocenters. The van der Waals surface area contributed by atoms with Crippen molar-refractivity contribution in [3.63, 3.8) is 0 Å². The number of allylic oxidation sites excluding steroid dienone is 1. The third kappa shape index (κ3) is 5.95. The van der Waals surface area contributed by atoms with Crippen molar-refractivity contribution in [3.8, 4) is 11.5 Å². The molecule has 4 aromatic carbocycles. The van der Waals surface area contributed by atoms with Crippen LogP contribution in [0.2, 0.25) is 5.02 Å². The van der Waals surface area contributed by atoms with E-state index in [9.17, 15) is 9.59 Å². The Labute approximate surface area is 263 Å². The van der Waals surface area contributed by atoms with Gasteiger partial charge in [-0.2, -0.15) is 0 Å². The van der Waals surface area contributed by atoms with Crippen molar-refractivity contribution in [1.29, 1.82) is 0 Å². The fraction of sp³-hybridized carbons (Fsp3) is 0.114. The van der Waals surface area contributed by atoms with Crippen LogP contribution in [0.15, 0.2) is 124 Å². The van der Waals surface area contributed by atoms with Crippen LogP contribution < -0.4 is 29.7 Å². The first-order chi connectivity index (χ1) is 21.4. The highest BCUT2D eigenvalue weighted by Crippen LogP contribution is 2.32. The van der Waals surface area contributed by atoms with Gasteiger partial charge in [0.2, 0.25) is 0 Å². The average molecular weight is 622 g/mol. The number of hydrogen-bond acceptors (Lipinski definition) is 6. The number of methoxy groups -OCH3 is 1. The molecule has 1 N–H and O–H groups in total. The molecule has 0 saturated carbocycles. The van der Waals surface area contributed by atoms with Crippen LogP contribution in [0.25, 0.3) is 6.08 Å². The number of amides is 1. The van der Waals surface area contributed by atoms with Crippen LogP contribution in [0, 0.1) is 0 Å². The number of nitrogens with one attached hydrogen (secondary N) is 1. The predicted molar refractivity (Wildman–Crippen MR) is 174 cm³/mol. The third-order valence-electron chi connectivity index (χ3n) is 7.25. The average Bonchev–Trinajstić information content (AvgIpc) is 3.34. The molecule has 1 amide bonds. The smallest absolute Gasteiger partial charge is 0.271 e. The van der Waals surface area contributed by atoms with Gasteiger partial charge in [0.25, 0.3) is 11.5 Å². The Bertz CT molecular complexity index is 2070. The maximum atomic E-state index is 14.2. The first-order valence-electron chi connectivity index (χ1n) is 13.9. The maximum Gasteiger partial charge on any atom is 0.271 e. The summed E-state index contributed by atoms with van der Waals surface area (Å²) in [5, 5.41) is 3.60. The van der Waals surface area contributed by atoms with Crippen molar-refractivity contribution in [2.24, 2.45) is 4.99 Å². The van der Waals surface area contributed by atoms with Gasteiger partial charge in [0.1, 0.15) is 18.1 Å². The van der Waals surface area contributed by atoms with Gasteiger partial charge < -0.3 is 14.8 Å². The fourth-order valence-corrected chi connectivity index (χ4v) is 6.33. The minimum Gasteiger partial charge on any atom is -0.497 e. The summed E-state index contributed by atoms with van der Waals surface area (Å²) in [5.74, 6) is 0.895. The lowest BCUT2D eigenvalue weighted by Crippen LogP contribution is -2.40. The second-order valence-electron chi connectivity index (χ2n) is 10.1. The normalized spacial score (nSPS) is 14.5. The van der Waals surface area contributed by atoms with Crippen molar-refractivity contribution >= 4 is 40.6 Å². The van der Waals surface area contributed by atoms with E-state index < -0.39 is 6.04 Å². The summed E-state index contributed by atoms with van der Waals surface area (Å²) in [6, 6.07) is 30.9. The highest BCUT2D eigenvalue weighted by atomic mass is 35.5. The molecule has 9 heteroatoms. The molecule has 0 aliphatic carbocycles. The molecular weight excluding hydrogens is 594 g/mol. The van der Waals surface area contributed by atoms with Crippen LogP contribution in [0.5, 0.6) is 11.5 Å². The van der Waals surface area contributed by atoms with Gasteiger partial charge in [0.05, 0.1) is 29.0 Å². The van der Waals surface area contributed by atoms with E-state index in [2.05, 4.69) is 5.32 Å². The van der Waals surface area contributed by atoms with Crippen LogP contribution in [-0.4, -0.2) is 17.6 Å². The van der Waals surface area contributed by atoms with Crippen LogP contribution in [0.1, 0.15) is 29.7 Å². The minimum absolute atomic E-state index is 0.264. The zero-order valence-corrected chi connectivity index (χ0v) is 25.6. The third-order valence-corrected chi connectivity index (χ3v) is 8.61. The Balaban J connectivity index is 1.44. The number of benzene rings is 4. The van der Waals surface area contributed by atoms with Gasteiger partial charge in [0.15, 0.2) is 4.80 Å². The van der Waals surface area contributed by atoms with Crippen molar-refractivity contribution in [2.45, 2.75) is 19.6 Å². The Morgan fingerprint density at radius 2 is 1.75 bits per heavy atom. The molecule has 2 heterocycles. The molecule has 0 bridgehead atoms. The molecule has 1 atom stereocenters. The van der Waals surface area contributed by atoms with Crippen molar-refractivity contribution < 1.29 is 14.3 Å². The molecule has 1 aliphatic rings. The molecule has 1 aliphatic heterocycles. The largest absolute Gasteiger partial charge is 0.497 e. The number of rotatable bonds is 8. The Hall–Kier alpha value is -4.92. The number of aromatic nitrogens is 1. The first-order valence-corrected chi connectivity index (χ1v) is 15.1. The van der Waals surface area contributed by atoms with E-state index in [-0.39, 0.29) is 18.1 Å². The molecule has 1 aromatic heterocycles. The second-order valence-corrected chi connectivity index (χ2v) is 11.5. The molecule has 0 saturated heterocycles. The maximum absolute atomic E-state index is 14.2. The van der Waals surface area contributed by atoms with E-state index in [1.165, 1.54) is 11.3 Å². The van der Waals surface area contributed by atoms with E-state index in [1.54, 1.807) is 24.7 Å². The van der Waals surface area contributed by atoms with Gasteiger partial charge in [-0.1, -0.05) is 89.7 Å². The topological polar surface area (TPSA) is 81.9 Å². The highest BCUT2D eigenvalue weighted by Gasteiger charge is 2.32. The van der Waals surface area contributed by atoms with Gasteiger partial charge in [-0.3, -0.25) is 14.2 Å². The molecule has 6 rings (SSSR count). The Kier molecular flexibility index (Phi) is 8.45. The molecule has 0 spiro atoms. The summed E-state index contributed by atoms with van der Waals surface area (Å²) < 4.78 is 13.7. The summed E-state index contributed by atoms with van der Waals surface area (Å²) in [5.41, 5.74) is 3.62. The predicted octanol–water partition coefficient (Wildman–Crippen LogP) is 6.11. The van der Waals surface area contributed by atoms with Crippen molar-refractivity contribution in [1.82, 2.24) is 4.57 Å². The van der Waals surface area contributed by atoms with E-state index in [0.29, 0.717) is 42.8 Å². The number of anilines is 1. The molecule has 7 nitrogen and oxygen atoms in total. The quantitative estimate of drug-likeness (QED) is 0.227. The fourth-order valence-electron chi connectivity index (χ4n) is 5.10. The Morgan fingerprint density at radius 3 is 2.55 bits per heavy atom. The summed E-state index contributed by atoms with van der Waals surface area (Å²) in [7, 11) is 1.58. The zero-order valence-electron chi connectivity index (χ0n) is 24.0. The van der Waals surface area contributed by atoms with Gasteiger partial charge in [0, 0.05) is 21.8 Å². The number of para-hydroxylation sites is 2. The van der Waals surface area contributed by atoms with E-state index in [0.717, 1.165) is 16.7 Å². The lowest BCUT2D eigenvalue weighted by molar-refractivity contribution is -0.113. The van der Waals surface area contributed by atoms with E-state index in [1.807, 2.05) is 103 Å². The lowest BCUT2D eigenvalue weighted by atomic mass is 9.95. The van der Waals surface area contributed by atoms with E-state index in [4.69, 9.17) is 26.1 Å². The lowest BCUT2D eigenvalue weighted by Gasteiger charge is -2.25. The standard InChI is InChI=1S/C35H28ClN3O4S/c1-22-31(33(40)38-26-14-4-3-5-15-26)32(24-13-10-16-27(19-24)42-2)39-34(41)30(44-35(39)37-22)20-23-11-7-9-18-29(23)43-21-25-12-6-8-17-28(25)36/h3-20,32H,21H2,1-2H3,(H,38,40)/b30-20+/t32-/m0/s1. The molecule has 5 aromatic rings. The molecule has 0 fully saturated rings. The van der Waals surface area contributed by atoms with Crippen LogP contribution in [0.3, 0.4) is 0 Å². The number of fused-ring (bicyclic) bond motifs is 1. The van der Waals surface area contributed by atoms with Gasteiger partial charge in [-0.15, -0.1) is 0 Å². The minimum atomic E-state index is -0.723. The SMILES string of the molecule is COc1cccc([C@H]2C(C(=O)Nc3ccccc3)=C(C)N=c3s/c(=C/c4ccccc4OCc4ccccc4Cl)c(=O)n32)c1. The number of carbonyl (C=O) groups is 1. The summed E-state index contributed by atoms with van der Waals surface area (Å²) in [4.78, 5) is 33.2. The molecular formula is C35H28ClN3O4S. The summed E-state index contributed by atoms with van der Waals surface area (Å²) >= 11 is 7.60. The molecule has 220 valence electrons. The van der Waals surface area contributed by atoms with Crippen LogP contribution >= 0.6 is 22.9 Å². The molecule has 0 radical (unpaired) electrons. The van der Waals surface area contributed by atoms with Gasteiger partial charge >= 0.3 is 0 Å². The number of halogens is 1. The number of thiazole rings is 1. The second kappa shape index (κ2) is 12.8. The molecule has 44 heavy (non-hydrogen) atoms. The van der Waals surface area contributed by atoms with Crippen molar-refractivity contribution in [2.75, 3.05) is 12.4 Å². The number of carbonyl (C=O) groups excluding carboxylic acids is 1. The summed E-state index contributed by atoms with van der Waals surface area (Å²) in [6.45, 7) is 2.07.